The predicted molar refractivity (Wildman–Crippen MR) is 88.2 cm³/mol. The molecular formula is C13H16BrN3S2. The largest absolute Gasteiger partial charge is 0.356 e. The number of hydrogen-bond acceptors (Lipinski definition) is 3. The van der Waals surface area contributed by atoms with E-state index < -0.39 is 0 Å². The number of nitrogens with zero attached hydrogens (tertiary/aromatic N) is 1. The van der Waals surface area contributed by atoms with Gasteiger partial charge >= 0.3 is 0 Å². The first-order valence-corrected chi connectivity index (χ1v) is 8.53. The van der Waals surface area contributed by atoms with Crippen molar-refractivity contribution in [2.45, 2.75) is 13.0 Å². The molecule has 0 fully saturated rings. The first-order valence-electron chi connectivity index (χ1n) is 5.98. The summed E-state index contributed by atoms with van der Waals surface area (Å²) < 4.78 is 1.18. The monoisotopic (exact) mass is 357 g/mol. The molecule has 0 aliphatic rings. The van der Waals surface area contributed by atoms with Crippen molar-refractivity contribution in [1.29, 1.82) is 0 Å². The van der Waals surface area contributed by atoms with Gasteiger partial charge in [0, 0.05) is 25.0 Å². The maximum Gasteiger partial charge on any atom is 0.191 e. The molecule has 6 heteroatoms. The highest BCUT2D eigenvalue weighted by atomic mass is 79.9. The second kappa shape index (κ2) is 7.67. The van der Waals surface area contributed by atoms with Gasteiger partial charge < -0.3 is 10.6 Å². The van der Waals surface area contributed by atoms with Crippen LogP contribution in [0.4, 0.5) is 0 Å². The number of rotatable bonds is 5. The summed E-state index contributed by atoms with van der Waals surface area (Å²) in [4.78, 5) is 5.58. The molecule has 0 saturated carbocycles. The van der Waals surface area contributed by atoms with E-state index in [1.807, 2.05) is 0 Å². The van der Waals surface area contributed by atoms with Crippen LogP contribution < -0.4 is 10.6 Å². The van der Waals surface area contributed by atoms with Gasteiger partial charge in [-0.05, 0) is 56.9 Å². The van der Waals surface area contributed by atoms with E-state index >= 15 is 0 Å². The smallest absolute Gasteiger partial charge is 0.191 e. The second-order valence-corrected chi connectivity index (χ2v) is 7.27. The van der Waals surface area contributed by atoms with Crippen LogP contribution in [0.2, 0.25) is 0 Å². The number of halogens is 1. The molecule has 2 heterocycles. The van der Waals surface area contributed by atoms with Crippen LogP contribution in [0.3, 0.4) is 0 Å². The van der Waals surface area contributed by atoms with Gasteiger partial charge in [0.15, 0.2) is 5.96 Å². The summed E-state index contributed by atoms with van der Waals surface area (Å²) in [6.07, 6.45) is 1.01. The average Bonchev–Trinajstić information content (AvgIpc) is 3.05. The number of nitrogens with one attached hydrogen (secondary N) is 2. The zero-order valence-corrected chi connectivity index (χ0v) is 13.9. The summed E-state index contributed by atoms with van der Waals surface area (Å²) in [6, 6.07) is 6.36. The third-order valence-corrected chi connectivity index (χ3v) is 4.97. The fourth-order valence-electron chi connectivity index (χ4n) is 1.59. The van der Waals surface area contributed by atoms with E-state index in [1.54, 1.807) is 29.7 Å². The van der Waals surface area contributed by atoms with E-state index in [2.05, 4.69) is 60.5 Å². The summed E-state index contributed by atoms with van der Waals surface area (Å²) in [5, 5.41) is 10.9. The molecule has 0 aliphatic carbocycles. The van der Waals surface area contributed by atoms with Gasteiger partial charge in [-0.3, -0.25) is 4.99 Å². The molecule has 2 aromatic rings. The molecule has 0 atom stereocenters. The van der Waals surface area contributed by atoms with Crippen LogP contribution in [0.25, 0.3) is 0 Å². The van der Waals surface area contributed by atoms with E-state index in [4.69, 9.17) is 0 Å². The minimum atomic E-state index is 0.813. The molecule has 19 heavy (non-hydrogen) atoms. The SMILES string of the molecule is CN=C(NCCc1ccc(Br)s1)NCc1ccsc1. The Morgan fingerprint density at radius 2 is 2.21 bits per heavy atom. The van der Waals surface area contributed by atoms with Crippen LogP contribution >= 0.6 is 38.6 Å². The Labute approximate surface area is 129 Å². The Bertz CT molecular complexity index is 520. The molecule has 0 unspecified atom stereocenters. The normalized spacial score (nSPS) is 11.6. The molecule has 102 valence electrons. The molecule has 0 aliphatic heterocycles. The number of hydrogen-bond donors (Lipinski definition) is 2. The minimum Gasteiger partial charge on any atom is -0.356 e. The van der Waals surface area contributed by atoms with Gasteiger partial charge in [0.2, 0.25) is 0 Å². The standard InChI is InChI=1S/C13H16BrN3S2/c1-15-13(17-8-10-5-7-18-9-10)16-6-4-11-2-3-12(14)19-11/h2-3,5,7,9H,4,6,8H2,1H3,(H2,15,16,17). The van der Waals surface area contributed by atoms with Gasteiger partial charge in [-0.15, -0.1) is 11.3 Å². The van der Waals surface area contributed by atoms with Crippen molar-refractivity contribution in [3.05, 3.63) is 43.2 Å². The van der Waals surface area contributed by atoms with Crippen LogP contribution in [0.1, 0.15) is 10.4 Å². The zero-order chi connectivity index (χ0) is 13.5. The van der Waals surface area contributed by atoms with Gasteiger partial charge in [-0.25, -0.2) is 0 Å². The van der Waals surface area contributed by atoms with Crippen molar-refractivity contribution < 1.29 is 0 Å². The second-order valence-electron chi connectivity index (χ2n) is 3.94. The fraction of sp³-hybridized carbons (Fsp3) is 0.308. The van der Waals surface area contributed by atoms with Crippen LogP contribution in [0, 0.1) is 0 Å². The molecule has 2 aromatic heterocycles. The first kappa shape index (κ1) is 14.6. The number of guanidine groups is 1. The molecule has 0 aromatic carbocycles. The van der Waals surface area contributed by atoms with E-state index in [0.717, 1.165) is 25.5 Å². The maximum absolute atomic E-state index is 4.22. The molecular weight excluding hydrogens is 342 g/mol. The summed E-state index contributed by atoms with van der Waals surface area (Å²) in [7, 11) is 1.80. The molecule has 0 amide bonds. The van der Waals surface area contributed by atoms with Crippen LogP contribution in [-0.4, -0.2) is 19.6 Å². The highest BCUT2D eigenvalue weighted by Crippen LogP contribution is 2.21. The minimum absolute atomic E-state index is 0.813. The van der Waals surface area contributed by atoms with Crippen LogP contribution in [-0.2, 0) is 13.0 Å². The van der Waals surface area contributed by atoms with Crippen molar-refractivity contribution >= 4 is 44.6 Å². The van der Waals surface area contributed by atoms with Gasteiger partial charge in [-0.1, -0.05) is 0 Å². The Morgan fingerprint density at radius 1 is 1.32 bits per heavy atom. The third-order valence-electron chi connectivity index (χ3n) is 2.56. The van der Waals surface area contributed by atoms with Crippen molar-refractivity contribution in [2.24, 2.45) is 4.99 Å². The Hall–Kier alpha value is -0.850. The van der Waals surface area contributed by atoms with Crippen molar-refractivity contribution in [3.63, 3.8) is 0 Å². The van der Waals surface area contributed by atoms with Crippen LogP contribution in [0.15, 0.2) is 37.7 Å². The molecule has 0 radical (unpaired) electrons. The van der Waals surface area contributed by atoms with Crippen molar-refractivity contribution in [3.8, 4) is 0 Å². The van der Waals surface area contributed by atoms with Gasteiger partial charge in [0.05, 0.1) is 3.79 Å². The van der Waals surface area contributed by atoms with Crippen molar-refractivity contribution in [1.82, 2.24) is 10.6 Å². The molecule has 0 spiro atoms. The van der Waals surface area contributed by atoms with E-state index in [-0.39, 0.29) is 0 Å². The van der Waals surface area contributed by atoms with Gasteiger partial charge in [0.25, 0.3) is 0 Å². The van der Waals surface area contributed by atoms with E-state index in [0.29, 0.717) is 0 Å². The highest BCUT2D eigenvalue weighted by Gasteiger charge is 2.00. The lowest BCUT2D eigenvalue weighted by atomic mass is 10.3. The number of thiophene rings is 2. The Balaban J connectivity index is 1.71. The predicted octanol–water partition coefficient (Wildman–Crippen LogP) is 3.48. The lowest BCUT2D eigenvalue weighted by Gasteiger charge is -2.10. The molecule has 3 nitrogen and oxygen atoms in total. The van der Waals surface area contributed by atoms with E-state index in [9.17, 15) is 0 Å². The average molecular weight is 358 g/mol. The molecule has 2 rings (SSSR count). The lowest BCUT2D eigenvalue weighted by Crippen LogP contribution is -2.37. The summed E-state index contributed by atoms with van der Waals surface area (Å²) in [5.74, 6) is 0.849. The number of aliphatic imine (C=N–C) groups is 1. The molecule has 2 N–H and O–H groups in total. The topological polar surface area (TPSA) is 36.4 Å². The first-order chi connectivity index (χ1) is 9.28. The lowest BCUT2D eigenvalue weighted by molar-refractivity contribution is 0.800. The van der Waals surface area contributed by atoms with Crippen LogP contribution in [0.5, 0.6) is 0 Å². The summed E-state index contributed by atoms with van der Waals surface area (Å²) in [6.45, 7) is 1.70. The third kappa shape index (κ3) is 4.97. The fourth-order valence-corrected chi connectivity index (χ4v) is 3.74. The Kier molecular flexibility index (Phi) is 5.88. The van der Waals surface area contributed by atoms with Crippen molar-refractivity contribution in [2.75, 3.05) is 13.6 Å². The van der Waals surface area contributed by atoms with Gasteiger partial charge in [0.1, 0.15) is 0 Å². The molecule has 0 saturated heterocycles. The molecule has 0 bridgehead atoms. The quantitative estimate of drug-likeness (QED) is 0.634. The summed E-state index contributed by atoms with van der Waals surface area (Å²) >= 11 is 6.97. The zero-order valence-electron chi connectivity index (χ0n) is 10.6. The van der Waals surface area contributed by atoms with Gasteiger partial charge in [-0.2, -0.15) is 11.3 Å². The van der Waals surface area contributed by atoms with E-state index in [1.165, 1.54) is 14.2 Å². The highest BCUT2D eigenvalue weighted by molar-refractivity contribution is 9.11. The maximum atomic E-state index is 4.22. The Morgan fingerprint density at radius 3 is 2.84 bits per heavy atom. The summed E-state index contributed by atoms with van der Waals surface area (Å²) in [5.41, 5.74) is 1.29.